The molecule has 0 bridgehead atoms. The lowest BCUT2D eigenvalue weighted by Crippen LogP contribution is -2.28. The van der Waals surface area contributed by atoms with E-state index in [1.807, 2.05) is 0 Å². The molecule has 0 aromatic rings. The van der Waals surface area contributed by atoms with Crippen LogP contribution in [0.2, 0.25) is 0 Å². The molecule has 3 heteroatoms. The van der Waals surface area contributed by atoms with Crippen LogP contribution in [-0.2, 0) is 4.74 Å². The summed E-state index contributed by atoms with van der Waals surface area (Å²) in [5.74, 6) is 0.679. The highest BCUT2D eigenvalue weighted by molar-refractivity contribution is 4.61. The van der Waals surface area contributed by atoms with Crippen molar-refractivity contribution in [3.05, 3.63) is 0 Å². The molecule has 2 N–H and O–H groups in total. The molecule has 0 fully saturated rings. The summed E-state index contributed by atoms with van der Waals surface area (Å²) in [6, 6.07) is 0. The first kappa shape index (κ1) is 14.9. The van der Waals surface area contributed by atoms with Gasteiger partial charge in [-0.25, -0.2) is 0 Å². The quantitative estimate of drug-likeness (QED) is 0.638. The van der Waals surface area contributed by atoms with E-state index in [2.05, 4.69) is 32.7 Å². The van der Waals surface area contributed by atoms with Crippen molar-refractivity contribution >= 4 is 0 Å². The van der Waals surface area contributed by atoms with Gasteiger partial charge in [0, 0.05) is 6.54 Å². The van der Waals surface area contributed by atoms with Crippen molar-refractivity contribution in [2.24, 2.45) is 11.7 Å². The van der Waals surface area contributed by atoms with Crippen LogP contribution in [0.1, 0.15) is 33.6 Å². The van der Waals surface area contributed by atoms with Crippen LogP contribution in [0.4, 0.5) is 0 Å². The molecule has 0 rings (SSSR count). The van der Waals surface area contributed by atoms with Gasteiger partial charge in [-0.2, -0.15) is 0 Å². The zero-order chi connectivity index (χ0) is 11.7. The van der Waals surface area contributed by atoms with Gasteiger partial charge in [0.15, 0.2) is 0 Å². The molecule has 0 heterocycles. The zero-order valence-electron chi connectivity index (χ0n) is 10.8. The van der Waals surface area contributed by atoms with Gasteiger partial charge in [0.05, 0.1) is 12.7 Å². The van der Waals surface area contributed by atoms with Crippen molar-refractivity contribution in [3.63, 3.8) is 0 Å². The van der Waals surface area contributed by atoms with E-state index in [4.69, 9.17) is 10.5 Å². The summed E-state index contributed by atoms with van der Waals surface area (Å²) in [5, 5.41) is 0. The van der Waals surface area contributed by atoms with Gasteiger partial charge in [0.2, 0.25) is 0 Å². The largest absolute Gasteiger partial charge is 0.377 e. The molecule has 0 aliphatic heterocycles. The summed E-state index contributed by atoms with van der Waals surface area (Å²) >= 11 is 0. The first-order valence-electron chi connectivity index (χ1n) is 6.10. The Hall–Kier alpha value is -0.120. The number of hydrogen-bond donors (Lipinski definition) is 1. The number of nitrogens with two attached hydrogens (primary N) is 1. The topological polar surface area (TPSA) is 38.5 Å². The van der Waals surface area contributed by atoms with Crippen LogP contribution in [0, 0.1) is 5.92 Å². The first-order chi connectivity index (χ1) is 7.10. The van der Waals surface area contributed by atoms with Gasteiger partial charge in [-0.3, -0.25) is 0 Å². The molecule has 0 aromatic heterocycles. The van der Waals surface area contributed by atoms with Crippen molar-refractivity contribution in [2.45, 2.75) is 39.7 Å². The molecule has 15 heavy (non-hydrogen) atoms. The van der Waals surface area contributed by atoms with E-state index in [-0.39, 0.29) is 0 Å². The Labute approximate surface area is 95.0 Å². The van der Waals surface area contributed by atoms with Gasteiger partial charge < -0.3 is 15.4 Å². The van der Waals surface area contributed by atoms with Crippen LogP contribution in [0.5, 0.6) is 0 Å². The highest BCUT2D eigenvalue weighted by atomic mass is 16.5. The summed E-state index contributed by atoms with van der Waals surface area (Å²) in [6.45, 7) is 10.1. The van der Waals surface area contributed by atoms with Crippen molar-refractivity contribution in [3.8, 4) is 0 Å². The van der Waals surface area contributed by atoms with Gasteiger partial charge in [-0.1, -0.05) is 13.3 Å². The Bertz CT molecular complexity index is 136. The normalized spacial score (nSPS) is 13.8. The van der Waals surface area contributed by atoms with E-state index >= 15 is 0 Å². The second kappa shape index (κ2) is 9.13. The maximum absolute atomic E-state index is 5.67. The number of likely N-dealkylation sites (N-methyl/N-ethyl adjacent to an activating group) is 1. The monoisotopic (exact) mass is 216 g/mol. The minimum atomic E-state index is 0.339. The molecule has 92 valence electrons. The number of hydrogen-bond acceptors (Lipinski definition) is 3. The Balaban J connectivity index is 3.43. The lowest BCUT2D eigenvalue weighted by atomic mass is 10.0. The predicted octanol–water partition coefficient (Wildman–Crippen LogP) is 1.72. The molecule has 1 unspecified atom stereocenters. The minimum Gasteiger partial charge on any atom is -0.377 e. The lowest BCUT2D eigenvalue weighted by molar-refractivity contribution is 0.0630. The van der Waals surface area contributed by atoms with Crippen molar-refractivity contribution in [1.82, 2.24) is 4.90 Å². The maximum atomic E-state index is 5.67. The second-order valence-corrected chi connectivity index (χ2v) is 4.52. The van der Waals surface area contributed by atoms with Crippen LogP contribution >= 0.6 is 0 Å². The predicted molar refractivity (Wildman–Crippen MR) is 66.0 cm³/mol. The molecule has 0 amide bonds. The average Bonchev–Trinajstić information content (AvgIpc) is 2.18. The SMILES string of the molecule is CCC(CN)CCN(C)CCOC(C)C. The van der Waals surface area contributed by atoms with Gasteiger partial charge >= 0.3 is 0 Å². The minimum absolute atomic E-state index is 0.339. The number of ether oxygens (including phenoxy) is 1. The molecule has 0 aliphatic rings. The summed E-state index contributed by atoms with van der Waals surface area (Å²) in [4.78, 5) is 2.32. The molecule has 0 saturated heterocycles. The molecular formula is C12H28N2O. The van der Waals surface area contributed by atoms with E-state index in [1.54, 1.807) is 0 Å². The number of rotatable bonds is 9. The summed E-state index contributed by atoms with van der Waals surface area (Å²) in [6.07, 6.45) is 2.73. The van der Waals surface area contributed by atoms with E-state index in [9.17, 15) is 0 Å². The van der Waals surface area contributed by atoms with Gasteiger partial charge in [-0.05, 0) is 46.3 Å². The second-order valence-electron chi connectivity index (χ2n) is 4.52. The summed E-state index contributed by atoms with van der Waals surface area (Å²) in [5.41, 5.74) is 5.67. The highest BCUT2D eigenvalue weighted by Gasteiger charge is 2.05. The molecule has 0 saturated carbocycles. The lowest BCUT2D eigenvalue weighted by Gasteiger charge is -2.20. The van der Waals surface area contributed by atoms with E-state index < -0.39 is 0 Å². The van der Waals surface area contributed by atoms with Crippen LogP contribution in [0.25, 0.3) is 0 Å². The van der Waals surface area contributed by atoms with Crippen molar-refractivity contribution in [2.75, 3.05) is 33.3 Å². The third kappa shape index (κ3) is 8.85. The molecule has 0 radical (unpaired) electrons. The van der Waals surface area contributed by atoms with E-state index in [0.29, 0.717) is 12.0 Å². The molecule has 0 aromatic carbocycles. The average molecular weight is 216 g/mol. The van der Waals surface area contributed by atoms with Gasteiger partial charge in [-0.15, -0.1) is 0 Å². The first-order valence-corrected chi connectivity index (χ1v) is 6.10. The molecule has 3 nitrogen and oxygen atoms in total. The maximum Gasteiger partial charge on any atom is 0.0596 e. The van der Waals surface area contributed by atoms with Crippen molar-refractivity contribution < 1.29 is 4.74 Å². The Kier molecular flexibility index (Phi) is 9.06. The summed E-state index contributed by atoms with van der Waals surface area (Å²) in [7, 11) is 2.15. The van der Waals surface area contributed by atoms with E-state index in [1.165, 1.54) is 12.8 Å². The zero-order valence-corrected chi connectivity index (χ0v) is 10.8. The highest BCUT2D eigenvalue weighted by Crippen LogP contribution is 2.06. The van der Waals surface area contributed by atoms with E-state index in [0.717, 1.165) is 26.2 Å². The molecule has 1 atom stereocenters. The number of nitrogens with zero attached hydrogens (tertiary/aromatic N) is 1. The fourth-order valence-electron chi connectivity index (χ4n) is 1.45. The fourth-order valence-corrected chi connectivity index (χ4v) is 1.45. The van der Waals surface area contributed by atoms with Crippen molar-refractivity contribution in [1.29, 1.82) is 0 Å². The van der Waals surface area contributed by atoms with Crippen LogP contribution < -0.4 is 5.73 Å². The summed E-state index contributed by atoms with van der Waals surface area (Å²) < 4.78 is 5.51. The van der Waals surface area contributed by atoms with Gasteiger partial charge in [0.25, 0.3) is 0 Å². The standard InChI is InChI=1S/C12H28N2O/c1-5-12(10-13)6-7-14(4)8-9-15-11(2)3/h11-12H,5-10,13H2,1-4H3. The van der Waals surface area contributed by atoms with Crippen LogP contribution in [0.3, 0.4) is 0 Å². The third-order valence-electron chi connectivity index (χ3n) is 2.75. The Morgan fingerprint density at radius 3 is 2.40 bits per heavy atom. The fraction of sp³-hybridized carbons (Fsp3) is 1.00. The Morgan fingerprint density at radius 2 is 1.93 bits per heavy atom. The van der Waals surface area contributed by atoms with Crippen LogP contribution in [0.15, 0.2) is 0 Å². The van der Waals surface area contributed by atoms with Crippen LogP contribution in [-0.4, -0.2) is 44.3 Å². The molecular weight excluding hydrogens is 188 g/mol. The van der Waals surface area contributed by atoms with Gasteiger partial charge in [0.1, 0.15) is 0 Å². The smallest absolute Gasteiger partial charge is 0.0596 e. The third-order valence-corrected chi connectivity index (χ3v) is 2.75. The molecule has 0 aliphatic carbocycles. The Morgan fingerprint density at radius 1 is 1.27 bits per heavy atom. The molecule has 0 spiro atoms.